The smallest absolute Gasteiger partial charge is 0.323 e. The summed E-state index contributed by atoms with van der Waals surface area (Å²) < 4.78 is 0. The van der Waals surface area contributed by atoms with Gasteiger partial charge in [-0.25, -0.2) is 4.79 Å². The van der Waals surface area contributed by atoms with Crippen LogP contribution >= 0.6 is 0 Å². The lowest BCUT2D eigenvalue weighted by atomic mass is 10.1. The molecule has 0 radical (unpaired) electrons. The summed E-state index contributed by atoms with van der Waals surface area (Å²) in [5.74, 6) is -0.203. The first-order valence-electron chi connectivity index (χ1n) is 9.70. The zero-order chi connectivity index (χ0) is 21.5. The molecule has 30 heavy (non-hydrogen) atoms. The van der Waals surface area contributed by atoms with E-state index >= 15 is 0 Å². The Bertz CT molecular complexity index is 1030. The maximum Gasteiger partial charge on any atom is 0.323 e. The number of urea groups is 1. The predicted molar refractivity (Wildman–Crippen MR) is 122 cm³/mol. The monoisotopic (exact) mass is 402 g/mol. The van der Waals surface area contributed by atoms with Crippen LogP contribution in [-0.2, 0) is 6.54 Å². The van der Waals surface area contributed by atoms with Gasteiger partial charge in [-0.15, -0.1) is 0 Å². The minimum absolute atomic E-state index is 0.203. The lowest BCUT2D eigenvalue weighted by molar-refractivity contribution is 0.0951. The van der Waals surface area contributed by atoms with Crippen LogP contribution in [0.2, 0.25) is 0 Å². The average molecular weight is 402 g/mol. The molecule has 0 fully saturated rings. The van der Waals surface area contributed by atoms with Crippen molar-refractivity contribution in [3.05, 3.63) is 89.5 Å². The number of nitrogens with one attached hydrogen (secondary N) is 3. The number of anilines is 3. The second-order valence-corrected chi connectivity index (χ2v) is 7.24. The first-order valence-corrected chi connectivity index (χ1v) is 9.70. The summed E-state index contributed by atoms with van der Waals surface area (Å²) in [5, 5.41) is 8.54. The summed E-state index contributed by atoms with van der Waals surface area (Å²) in [4.78, 5) is 27.1. The van der Waals surface area contributed by atoms with Crippen LogP contribution in [0.1, 0.15) is 21.5 Å². The van der Waals surface area contributed by atoms with E-state index < -0.39 is 0 Å². The topological polar surface area (TPSA) is 73.5 Å². The minimum Gasteiger partial charge on any atom is -0.377 e. The molecular formula is C24H26N4O2. The Morgan fingerprint density at radius 1 is 0.833 bits per heavy atom. The van der Waals surface area contributed by atoms with Crippen molar-refractivity contribution < 1.29 is 9.59 Å². The molecule has 0 heterocycles. The van der Waals surface area contributed by atoms with Crippen molar-refractivity contribution in [3.8, 4) is 0 Å². The van der Waals surface area contributed by atoms with E-state index in [4.69, 9.17) is 0 Å². The van der Waals surface area contributed by atoms with Crippen molar-refractivity contribution >= 4 is 29.0 Å². The zero-order valence-electron chi connectivity index (χ0n) is 17.4. The van der Waals surface area contributed by atoms with Crippen LogP contribution < -0.4 is 20.9 Å². The molecule has 0 aliphatic carbocycles. The molecule has 3 N–H and O–H groups in total. The van der Waals surface area contributed by atoms with Crippen molar-refractivity contribution in [3.63, 3.8) is 0 Å². The van der Waals surface area contributed by atoms with Crippen LogP contribution in [-0.4, -0.2) is 26.0 Å². The summed E-state index contributed by atoms with van der Waals surface area (Å²) in [7, 11) is 3.75. The third kappa shape index (κ3) is 5.61. The molecule has 6 heteroatoms. The Morgan fingerprint density at radius 3 is 2.20 bits per heavy atom. The summed E-state index contributed by atoms with van der Waals surface area (Å²) in [6.45, 7) is 2.39. The summed E-state index contributed by atoms with van der Waals surface area (Å²) in [6, 6.07) is 22.2. The van der Waals surface area contributed by atoms with Gasteiger partial charge in [0.25, 0.3) is 5.91 Å². The van der Waals surface area contributed by atoms with Crippen molar-refractivity contribution in [1.82, 2.24) is 5.32 Å². The first kappa shape index (κ1) is 20.9. The molecule has 0 saturated heterocycles. The predicted octanol–water partition coefficient (Wildman–Crippen LogP) is 4.64. The largest absolute Gasteiger partial charge is 0.377 e. The van der Waals surface area contributed by atoms with Crippen molar-refractivity contribution in [2.24, 2.45) is 0 Å². The highest BCUT2D eigenvalue weighted by atomic mass is 16.2. The van der Waals surface area contributed by atoms with E-state index in [-0.39, 0.29) is 11.9 Å². The molecule has 0 bridgehead atoms. The van der Waals surface area contributed by atoms with Crippen LogP contribution in [0.25, 0.3) is 0 Å². The van der Waals surface area contributed by atoms with Crippen LogP contribution in [0.15, 0.2) is 72.8 Å². The molecule has 3 aromatic rings. The fourth-order valence-electron chi connectivity index (χ4n) is 3.08. The highest BCUT2D eigenvalue weighted by Crippen LogP contribution is 2.23. The van der Waals surface area contributed by atoms with Gasteiger partial charge < -0.3 is 20.9 Å². The van der Waals surface area contributed by atoms with Crippen LogP contribution in [0.4, 0.5) is 21.9 Å². The highest BCUT2D eigenvalue weighted by molar-refractivity contribution is 6.04. The molecule has 0 aromatic heterocycles. The molecule has 0 spiro atoms. The maximum atomic E-state index is 12.8. The van der Waals surface area contributed by atoms with Gasteiger partial charge in [0.2, 0.25) is 0 Å². The van der Waals surface area contributed by atoms with E-state index in [1.165, 1.54) is 0 Å². The molecule has 3 rings (SSSR count). The average Bonchev–Trinajstić information content (AvgIpc) is 2.72. The van der Waals surface area contributed by atoms with Gasteiger partial charge in [-0.3, -0.25) is 4.79 Å². The Kier molecular flexibility index (Phi) is 6.70. The third-order valence-electron chi connectivity index (χ3n) is 4.55. The van der Waals surface area contributed by atoms with Crippen molar-refractivity contribution in [1.29, 1.82) is 0 Å². The summed E-state index contributed by atoms with van der Waals surface area (Å²) in [5.41, 5.74) is 4.58. The normalized spacial score (nSPS) is 10.2. The zero-order valence-corrected chi connectivity index (χ0v) is 17.4. The number of hydrogen-bond donors (Lipinski definition) is 3. The van der Waals surface area contributed by atoms with Gasteiger partial charge >= 0.3 is 6.03 Å². The molecular weight excluding hydrogens is 376 g/mol. The Labute approximate surface area is 176 Å². The molecule has 0 saturated carbocycles. The van der Waals surface area contributed by atoms with E-state index in [0.29, 0.717) is 23.5 Å². The first-order chi connectivity index (χ1) is 14.4. The molecule has 6 nitrogen and oxygen atoms in total. The van der Waals surface area contributed by atoms with Gasteiger partial charge in [0, 0.05) is 37.7 Å². The van der Waals surface area contributed by atoms with Crippen molar-refractivity contribution in [2.75, 3.05) is 29.6 Å². The van der Waals surface area contributed by atoms with E-state index in [1.54, 1.807) is 12.1 Å². The molecule has 3 aromatic carbocycles. The van der Waals surface area contributed by atoms with E-state index in [1.807, 2.05) is 86.6 Å². The number of rotatable bonds is 6. The number of hydrogen-bond acceptors (Lipinski definition) is 3. The molecule has 0 atom stereocenters. The second-order valence-electron chi connectivity index (χ2n) is 7.24. The Morgan fingerprint density at radius 2 is 1.53 bits per heavy atom. The fourth-order valence-corrected chi connectivity index (χ4v) is 3.08. The van der Waals surface area contributed by atoms with Gasteiger partial charge in [-0.1, -0.05) is 42.5 Å². The Balaban J connectivity index is 1.73. The van der Waals surface area contributed by atoms with Crippen LogP contribution in [0.3, 0.4) is 0 Å². The molecule has 154 valence electrons. The van der Waals surface area contributed by atoms with Gasteiger partial charge in [0.1, 0.15) is 0 Å². The van der Waals surface area contributed by atoms with Crippen LogP contribution in [0, 0.1) is 6.92 Å². The van der Waals surface area contributed by atoms with Gasteiger partial charge in [-0.2, -0.15) is 0 Å². The number of carbonyl (C=O) groups excluding carboxylic acids is 2. The van der Waals surface area contributed by atoms with Gasteiger partial charge in [0.15, 0.2) is 0 Å². The second kappa shape index (κ2) is 9.60. The van der Waals surface area contributed by atoms with Crippen molar-refractivity contribution in [2.45, 2.75) is 13.5 Å². The van der Waals surface area contributed by atoms with E-state index in [2.05, 4.69) is 16.0 Å². The Hall–Kier alpha value is -3.80. The summed E-state index contributed by atoms with van der Waals surface area (Å²) in [6.07, 6.45) is 0. The molecule has 0 unspecified atom stereocenters. The maximum absolute atomic E-state index is 12.8. The number of carbonyl (C=O) groups is 2. The lowest BCUT2D eigenvalue weighted by Gasteiger charge is -2.19. The number of aryl methyl sites for hydroxylation is 1. The number of nitrogens with zero attached hydrogens (tertiary/aromatic N) is 1. The SMILES string of the molecule is Cc1cccc(NC(=O)Nc2ccc(N(C)C)c(C(=O)NCc3ccccc3)c2)c1. The minimum atomic E-state index is -0.367. The van der Waals surface area contributed by atoms with E-state index in [9.17, 15) is 9.59 Å². The van der Waals surface area contributed by atoms with Crippen LogP contribution in [0.5, 0.6) is 0 Å². The highest BCUT2D eigenvalue weighted by Gasteiger charge is 2.15. The molecule has 3 amide bonds. The number of benzene rings is 3. The molecule has 0 aliphatic heterocycles. The third-order valence-corrected chi connectivity index (χ3v) is 4.55. The lowest BCUT2D eigenvalue weighted by Crippen LogP contribution is -2.26. The van der Waals surface area contributed by atoms with E-state index in [0.717, 1.165) is 16.8 Å². The quantitative estimate of drug-likeness (QED) is 0.563. The summed E-state index contributed by atoms with van der Waals surface area (Å²) >= 11 is 0. The standard InChI is InChI=1S/C24H26N4O2/c1-17-8-7-11-19(14-17)26-24(30)27-20-12-13-22(28(2)3)21(15-20)23(29)25-16-18-9-5-4-6-10-18/h4-15H,16H2,1-3H3,(H,25,29)(H2,26,27,30). The number of amides is 3. The van der Waals surface area contributed by atoms with Gasteiger partial charge in [-0.05, 0) is 48.4 Å². The molecule has 0 aliphatic rings. The fraction of sp³-hybridized carbons (Fsp3) is 0.167. The van der Waals surface area contributed by atoms with Gasteiger partial charge in [0.05, 0.1) is 5.56 Å².